The normalized spacial score (nSPS) is 11.6. The zero-order valence-electron chi connectivity index (χ0n) is 8.44. The largest absolute Gasteiger partial charge is 0.416 e. The Bertz CT molecular complexity index is 357. The number of nitrogens with one attached hydrogen (secondary N) is 1. The highest BCUT2D eigenvalue weighted by atomic mass is 35.5. The van der Waals surface area contributed by atoms with Crippen molar-refractivity contribution in [3.63, 3.8) is 0 Å². The molecule has 0 saturated carbocycles. The average Bonchev–Trinajstić information content (AvgIpc) is 2.16. The van der Waals surface area contributed by atoms with Gasteiger partial charge in [-0.1, -0.05) is 11.6 Å². The number of methoxy groups -OCH3 is 1. The van der Waals surface area contributed by atoms with Crippen LogP contribution in [0.25, 0.3) is 0 Å². The SMILES string of the molecule is COCCNc1cc(C(F)(F)F)cc(Cl)n1. The summed E-state index contributed by atoms with van der Waals surface area (Å²) in [6.07, 6.45) is -4.43. The van der Waals surface area contributed by atoms with Gasteiger partial charge in [-0.2, -0.15) is 13.2 Å². The Labute approximate surface area is 95.6 Å². The Morgan fingerprint density at radius 1 is 1.44 bits per heavy atom. The molecular weight excluding hydrogens is 245 g/mol. The molecule has 0 amide bonds. The standard InChI is InChI=1S/C9H10ClF3N2O/c1-16-3-2-14-8-5-6(9(11,12)13)4-7(10)15-8/h4-5H,2-3H2,1H3,(H,14,15). The van der Waals surface area contributed by atoms with E-state index in [1.54, 1.807) is 0 Å². The van der Waals surface area contributed by atoms with Crippen LogP contribution in [0.2, 0.25) is 5.15 Å². The molecule has 1 rings (SSSR count). The van der Waals surface area contributed by atoms with Crippen LogP contribution in [0.1, 0.15) is 5.56 Å². The fraction of sp³-hybridized carbons (Fsp3) is 0.444. The Morgan fingerprint density at radius 3 is 2.69 bits per heavy atom. The molecule has 3 nitrogen and oxygen atoms in total. The fourth-order valence-electron chi connectivity index (χ4n) is 1.03. The van der Waals surface area contributed by atoms with E-state index in [0.717, 1.165) is 12.1 Å². The van der Waals surface area contributed by atoms with Gasteiger partial charge in [0.2, 0.25) is 0 Å². The molecule has 0 unspecified atom stereocenters. The van der Waals surface area contributed by atoms with Crippen molar-refractivity contribution in [3.8, 4) is 0 Å². The highest BCUT2D eigenvalue weighted by molar-refractivity contribution is 6.29. The molecule has 1 heterocycles. The number of rotatable bonds is 4. The van der Waals surface area contributed by atoms with Gasteiger partial charge in [0.1, 0.15) is 11.0 Å². The van der Waals surface area contributed by atoms with E-state index in [1.807, 2.05) is 0 Å². The molecule has 1 aromatic heterocycles. The first-order chi connectivity index (χ1) is 7.43. The van der Waals surface area contributed by atoms with Gasteiger partial charge in [0.15, 0.2) is 0 Å². The van der Waals surface area contributed by atoms with E-state index in [2.05, 4.69) is 10.3 Å². The molecule has 0 aliphatic rings. The maximum atomic E-state index is 12.4. The Hall–Kier alpha value is -1.01. The third-order valence-corrected chi connectivity index (χ3v) is 1.93. The zero-order valence-corrected chi connectivity index (χ0v) is 9.19. The van der Waals surface area contributed by atoms with E-state index in [0.29, 0.717) is 13.2 Å². The molecule has 0 aliphatic heterocycles. The second kappa shape index (κ2) is 5.36. The number of pyridine rings is 1. The molecular formula is C9H10ClF3N2O. The second-order valence-corrected chi connectivity index (χ2v) is 3.37. The van der Waals surface area contributed by atoms with E-state index < -0.39 is 11.7 Å². The minimum absolute atomic E-state index is 0.0804. The lowest BCUT2D eigenvalue weighted by atomic mass is 10.2. The van der Waals surface area contributed by atoms with Gasteiger partial charge < -0.3 is 10.1 Å². The van der Waals surface area contributed by atoms with Crippen LogP contribution in [0.15, 0.2) is 12.1 Å². The van der Waals surface area contributed by atoms with Crippen LogP contribution in [-0.2, 0) is 10.9 Å². The summed E-state index contributed by atoms with van der Waals surface area (Å²) in [4.78, 5) is 3.72. The molecule has 0 bridgehead atoms. The van der Waals surface area contributed by atoms with Crippen molar-refractivity contribution >= 4 is 17.4 Å². The highest BCUT2D eigenvalue weighted by Gasteiger charge is 2.31. The van der Waals surface area contributed by atoms with Crippen LogP contribution in [0.4, 0.5) is 19.0 Å². The highest BCUT2D eigenvalue weighted by Crippen LogP contribution is 2.31. The molecule has 1 N–H and O–H groups in total. The van der Waals surface area contributed by atoms with Crippen LogP contribution in [0, 0.1) is 0 Å². The van der Waals surface area contributed by atoms with Crippen LogP contribution < -0.4 is 5.32 Å². The van der Waals surface area contributed by atoms with E-state index in [9.17, 15) is 13.2 Å². The van der Waals surface area contributed by atoms with Crippen LogP contribution >= 0.6 is 11.6 Å². The molecule has 0 aromatic carbocycles. The van der Waals surface area contributed by atoms with E-state index in [4.69, 9.17) is 16.3 Å². The van der Waals surface area contributed by atoms with Gasteiger partial charge in [-0.3, -0.25) is 0 Å². The Kier molecular flexibility index (Phi) is 4.37. The summed E-state index contributed by atoms with van der Waals surface area (Å²) >= 11 is 5.49. The number of aromatic nitrogens is 1. The average molecular weight is 255 g/mol. The lowest BCUT2D eigenvalue weighted by molar-refractivity contribution is -0.137. The maximum Gasteiger partial charge on any atom is 0.416 e. The quantitative estimate of drug-likeness (QED) is 0.663. The molecule has 0 saturated heterocycles. The predicted molar refractivity (Wildman–Crippen MR) is 54.6 cm³/mol. The van der Waals surface area contributed by atoms with Crippen molar-refractivity contribution in [2.45, 2.75) is 6.18 Å². The summed E-state index contributed by atoms with van der Waals surface area (Å²) in [7, 11) is 1.49. The number of nitrogens with zero attached hydrogens (tertiary/aromatic N) is 1. The summed E-state index contributed by atoms with van der Waals surface area (Å²) in [5.41, 5.74) is -0.826. The third-order valence-electron chi connectivity index (χ3n) is 1.73. The number of anilines is 1. The number of hydrogen-bond acceptors (Lipinski definition) is 3. The zero-order chi connectivity index (χ0) is 12.2. The van der Waals surface area contributed by atoms with Gasteiger partial charge in [0.05, 0.1) is 12.2 Å². The van der Waals surface area contributed by atoms with Crippen LogP contribution in [0.3, 0.4) is 0 Å². The van der Waals surface area contributed by atoms with Crippen LogP contribution in [0.5, 0.6) is 0 Å². The number of alkyl halides is 3. The molecule has 16 heavy (non-hydrogen) atoms. The number of ether oxygens (including phenoxy) is 1. The molecule has 0 atom stereocenters. The minimum atomic E-state index is -4.43. The molecule has 0 spiro atoms. The topological polar surface area (TPSA) is 34.1 Å². The van der Waals surface area contributed by atoms with Crippen molar-refractivity contribution in [3.05, 3.63) is 22.8 Å². The monoisotopic (exact) mass is 254 g/mol. The molecule has 1 aromatic rings. The van der Waals surface area contributed by atoms with Crippen molar-refractivity contribution in [1.82, 2.24) is 4.98 Å². The van der Waals surface area contributed by atoms with Crippen molar-refractivity contribution in [2.75, 3.05) is 25.6 Å². The number of halogens is 4. The predicted octanol–water partition coefficient (Wildman–Crippen LogP) is 2.81. The summed E-state index contributed by atoms with van der Waals surface area (Å²) < 4.78 is 41.9. The van der Waals surface area contributed by atoms with E-state index >= 15 is 0 Å². The third kappa shape index (κ3) is 3.86. The van der Waals surface area contributed by atoms with Gasteiger partial charge in [0, 0.05) is 13.7 Å². The van der Waals surface area contributed by atoms with Crippen molar-refractivity contribution < 1.29 is 17.9 Å². The summed E-state index contributed by atoms with van der Waals surface area (Å²) in [6, 6.07) is 1.69. The second-order valence-electron chi connectivity index (χ2n) is 2.98. The van der Waals surface area contributed by atoms with Gasteiger partial charge in [-0.15, -0.1) is 0 Å². The van der Waals surface area contributed by atoms with Crippen molar-refractivity contribution in [2.24, 2.45) is 0 Å². The smallest absolute Gasteiger partial charge is 0.383 e. The maximum absolute atomic E-state index is 12.4. The first-order valence-corrected chi connectivity index (χ1v) is 4.79. The summed E-state index contributed by atoms with van der Waals surface area (Å²) in [5.74, 6) is 0.0804. The number of hydrogen-bond donors (Lipinski definition) is 1. The van der Waals surface area contributed by atoms with Gasteiger partial charge in [-0.05, 0) is 12.1 Å². The lowest BCUT2D eigenvalue weighted by Gasteiger charge is -2.10. The van der Waals surface area contributed by atoms with E-state index in [1.165, 1.54) is 7.11 Å². The minimum Gasteiger partial charge on any atom is -0.383 e. The Balaban J connectivity index is 2.82. The fourth-order valence-corrected chi connectivity index (χ4v) is 1.24. The van der Waals surface area contributed by atoms with Gasteiger partial charge in [0.25, 0.3) is 0 Å². The summed E-state index contributed by atoms with van der Waals surface area (Å²) in [5, 5.41) is 2.48. The lowest BCUT2D eigenvalue weighted by Crippen LogP contribution is -2.11. The molecule has 0 aliphatic carbocycles. The molecule has 0 fully saturated rings. The van der Waals surface area contributed by atoms with Crippen molar-refractivity contribution in [1.29, 1.82) is 0 Å². The van der Waals surface area contributed by atoms with Gasteiger partial charge in [-0.25, -0.2) is 4.98 Å². The first kappa shape index (κ1) is 13.1. The molecule has 7 heteroatoms. The van der Waals surface area contributed by atoms with E-state index in [-0.39, 0.29) is 11.0 Å². The van der Waals surface area contributed by atoms with Gasteiger partial charge >= 0.3 is 6.18 Å². The Morgan fingerprint density at radius 2 is 2.12 bits per heavy atom. The molecule has 90 valence electrons. The summed E-state index contributed by atoms with van der Waals surface area (Å²) in [6.45, 7) is 0.733. The first-order valence-electron chi connectivity index (χ1n) is 4.41. The molecule has 0 radical (unpaired) electrons. The van der Waals surface area contributed by atoms with Crippen LogP contribution in [-0.4, -0.2) is 25.2 Å².